The maximum absolute atomic E-state index is 13.6. The number of anilines is 2. The fraction of sp³-hybridized carbons (Fsp3) is 0.250. The molecule has 0 fully saturated rings. The van der Waals surface area contributed by atoms with Crippen molar-refractivity contribution in [3.8, 4) is 5.75 Å². The summed E-state index contributed by atoms with van der Waals surface area (Å²) in [4.78, 5) is 35.3. The predicted octanol–water partition coefficient (Wildman–Crippen LogP) is 2.80. The second-order valence-electron chi connectivity index (χ2n) is 6.40. The van der Waals surface area contributed by atoms with E-state index in [0.717, 1.165) is 23.8 Å². The first kappa shape index (κ1) is 20.2. The predicted molar refractivity (Wildman–Crippen MR) is 99.4 cm³/mol. The van der Waals surface area contributed by atoms with E-state index in [4.69, 9.17) is 9.47 Å². The molecule has 29 heavy (non-hydrogen) atoms. The van der Waals surface area contributed by atoms with Crippen LogP contribution in [0, 0.1) is 11.6 Å². The van der Waals surface area contributed by atoms with Gasteiger partial charge >= 0.3 is 5.97 Å². The molecule has 1 heterocycles. The van der Waals surface area contributed by atoms with Crippen LogP contribution in [0.2, 0.25) is 0 Å². The van der Waals surface area contributed by atoms with Gasteiger partial charge in [-0.2, -0.15) is 0 Å². The molecule has 2 aromatic carbocycles. The SMILES string of the molecule is CC(OC(=O)COc1ccc2c(c1)CCC(=O)N2)C(=O)Nc1cc(F)ccc1F. The Morgan fingerprint density at radius 3 is 2.76 bits per heavy atom. The molecule has 3 rings (SSSR count). The molecule has 2 amide bonds. The lowest BCUT2D eigenvalue weighted by Gasteiger charge is -2.18. The van der Waals surface area contributed by atoms with E-state index in [1.165, 1.54) is 6.92 Å². The number of ether oxygens (including phenoxy) is 2. The highest BCUT2D eigenvalue weighted by atomic mass is 19.1. The van der Waals surface area contributed by atoms with Crippen molar-refractivity contribution in [2.24, 2.45) is 0 Å². The van der Waals surface area contributed by atoms with Gasteiger partial charge in [-0.1, -0.05) is 0 Å². The first-order valence-corrected chi connectivity index (χ1v) is 8.83. The Kier molecular flexibility index (Phi) is 6.06. The van der Waals surface area contributed by atoms with Crippen LogP contribution in [-0.4, -0.2) is 30.5 Å². The van der Waals surface area contributed by atoms with E-state index in [-0.39, 0.29) is 11.6 Å². The zero-order valence-corrected chi connectivity index (χ0v) is 15.5. The van der Waals surface area contributed by atoms with Gasteiger partial charge in [-0.15, -0.1) is 0 Å². The number of carbonyl (C=O) groups is 3. The Morgan fingerprint density at radius 2 is 1.97 bits per heavy atom. The summed E-state index contributed by atoms with van der Waals surface area (Å²) in [5, 5.41) is 4.90. The van der Waals surface area contributed by atoms with Gasteiger partial charge in [0.05, 0.1) is 5.69 Å². The van der Waals surface area contributed by atoms with Gasteiger partial charge in [0.1, 0.15) is 17.4 Å². The zero-order chi connectivity index (χ0) is 21.0. The Labute approximate surface area is 165 Å². The van der Waals surface area contributed by atoms with Crippen LogP contribution < -0.4 is 15.4 Å². The van der Waals surface area contributed by atoms with Gasteiger partial charge in [0, 0.05) is 18.2 Å². The second-order valence-corrected chi connectivity index (χ2v) is 6.40. The van der Waals surface area contributed by atoms with Gasteiger partial charge in [-0.05, 0) is 49.2 Å². The van der Waals surface area contributed by atoms with Crippen LogP contribution >= 0.6 is 0 Å². The molecule has 0 aromatic heterocycles. The second kappa shape index (κ2) is 8.68. The lowest BCUT2D eigenvalue weighted by Crippen LogP contribution is -2.32. The Bertz CT molecular complexity index is 964. The first-order valence-electron chi connectivity index (χ1n) is 8.83. The third-order valence-corrected chi connectivity index (χ3v) is 4.19. The zero-order valence-electron chi connectivity index (χ0n) is 15.5. The number of aryl methyl sites for hydroxylation is 1. The molecule has 0 aliphatic carbocycles. The van der Waals surface area contributed by atoms with Crippen molar-refractivity contribution in [2.45, 2.75) is 25.9 Å². The molecule has 2 N–H and O–H groups in total. The van der Waals surface area contributed by atoms with Crippen molar-refractivity contribution in [1.29, 1.82) is 0 Å². The van der Waals surface area contributed by atoms with E-state index in [1.807, 2.05) is 0 Å². The van der Waals surface area contributed by atoms with Crippen molar-refractivity contribution in [2.75, 3.05) is 17.2 Å². The molecule has 0 bridgehead atoms. The Hall–Kier alpha value is -3.49. The molecule has 1 atom stereocenters. The molecule has 9 heteroatoms. The number of carbonyl (C=O) groups excluding carboxylic acids is 3. The van der Waals surface area contributed by atoms with E-state index < -0.39 is 36.2 Å². The summed E-state index contributed by atoms with van der Waals surface area (Å²) >= 11 is 0. The first-order chi connectivity index (χ1) is 13.8. The van der Waals surface area contributed by atoms with Crippen molar-refractivity contribution < 1.29 is 32.6 Å². The smallest absolute Gasteiger partial charge is 0.344 e. The molecular formula is C20H18F2N2O5. The monoisotopic (exact) mass is 404 g/mol. The fourth-order valence-corrected chi connectivity index (χ4v) is 2.70. The molecule has 7 nitrogen and oxygen atoms in total. The molecule has 152 valence electrons. The maximum Gasteiger partial charge on any atom is 0.344 e. The topological polar surface area (TPSA) is 93.7 Å². The van der Waals surface area contributed by atoms with E-state index in [9.17, 15) is 23.2 Å². The highest BCUT2D eigenvalue weighted by molar-refractivity contribution is 5.95. The average Bonchev–Trinajstić information content (AvgIpc) is 2.69. The van der Waals surface area contributed by atoms with Crippen molar-refractivity contribution in [3.63, 3.8) is 0 Å². The van der Waals surface area contributed by atoms with Gasteiger partial charge in [0.25, 0.3) is 5.91 Å². The summed E-state index contributed by atoms with van der Waals surface area (Å²) in [5.41, 5.74) is 1.24. The number of benzene rings is 2. The molecule has 1 aliphatic rings. The van der Waals surface area contributed by atoms with E-state index in [1.54, 1.807) is 18.2 Å². The summed E-state index contributed by atoms with van der Waals surface area (Å²) in [7, 11) is 0. The van der Waals surface area contributed by atoms with Crippen LogP contribution in [0.1, 0.15) is 18.9 Å². The van der Waals surface area contributed by atoms with E-state index >= 15 is 0 Å². The highest BCUT2D eigenvalue weighted by Crippen LogP contribution is 2.26. The third kappa shape index (κ3) is 5.28. The molecule has 0 saturated carbocycles. The maximum atomic E-state index is 13.6. The van der Waals surface area contributed by atoms with Gasteiger partial charge in [0.15, 0.2) is 12.7 Å². The number of rotatable bonds is 6. The number of hydrogen-bond acceptors (Lipinski definition) is 5. The standard InChI is InChI=1S/C20H18F2N2O5/c1-11(20(27)24-17-9-13(21)3-5-15(17)22)29-19(26)10-28-14-4-6-16-12(8-14)2-7-18(25)23-16/h3-6,8-9,11H,2,7,10H2,1H3,(H,23,25)(H,24,27). The summed E-state index contributed by atoms with van der Waals surface area (Å²) in [6.45, 7) is 0.850. The van der Waals surface area contributed by atoms with Gasteiger partial charge < -0.3 is 20.1 Å². The minimum Gasteiger partial charge on any atom is -0.482 e. The molecule has 1 unspecified atom stereocenters. The number of halogens is 2. The molecule has 0 spiro atoms. The Morgan fingerprint density at radius 1 is 1.17 bits per heavy atom. The van der Waals surface area contributed by atoms with Crippen LogP contribution in [0.3, 0.4) is 0 Å². The number of hydrogen-bond donors (Lipinski definition) is 2. The molecule has 0 saturated heterocycles. The lowest BCUT2D eigenvalue weighted by atomic mass is 10.0. The number of amides is 2. The molecule has 0 radical (unpaired) electrons. The van der Waals surface area contributed by atoms with Gasteiger partial charge in [-0.3, -0.25) is 9.59 Å². The van der Waals surface area contributed by atoms with Gasteiger partial charge in [0.2, 0.25) is 5.91 Å². The quantitative estimate of drug-likeness (QED) is 0.723. The summed E-state index contributed by atoms with van der Waals surface area (Å²) in [5.74, 6) is -2.80. The lowest BCUT2D eigenvalue weighted by molar-refractivity contribution is -0.155. The Balaban J connectivity index is 1.50. The number of esters is 1. The van der Waals surface area contributed by atoms with Crippen LogP contribution in [-0.2, 0) is 25.5 Å². The summed E-state index contributed by atoms with van der Waals surface area (Å²) < 4.78 is 37.0. The van der Waals surface area contributed by atoms with Crippen LogP contribution in [0.15, 0.2) is 36.4 Å². The van der Waals surface area contributed by atoms with Crippen LogP contribution in [0.25, 0.3) is 0 Å². The van der Waals surface area contributed by atoms with Gasteiger partial charge in [-0.25, -0.2) is 13.6 Å². The normalized spacial score (nSPS) is 13.7. The summed E-state index contributed by atoms with van der Waals surface area (Å²) in [6, 6.07) is 7.60. The van der Waals surface area contributed by atoms with Crippen LogP contribution in [0.4, 0.5) is 20.2 Å². The highest BCUT2D eigenvalue weighted by Gasteiger charge is 2.20. The largest absolute Gasteiger partial charge is 0.482 e. The third-order valence-electron chi connectivity index (χ3n) is 4.19. The van der Waals surface area contributed by atoms with Crippen molar-refractivity contribution >= 4 is 29.2 Å². The minimum absolute atomic E-state index is 0.0554. The molecular weight excluding hydrogens is 386 g/mol. The summed E-state index contributed by atoms with van der Waals surface area (Å²) in [6.07, 6.45) is -0.305. The number of fused-ring (bicyclic) bond motifs is 1. The minimum atomic E-state index is -1.24. The molecule has 1 aliphatic heterocycles. The molecule has 2 aromatic rings. The van der Waals surface area contributed by atoms with E-state index in [0.29, 0.717) is 24.3 Å². The number of nitrogens with one attached hydrogen (secondary N) is 2. The fourth-order valence-electron chi connectivity index (χ4n) is 2.70. The van der Waals surface area contributed by atoms with Crippen molar-refractivity contribution in [3.05, 3.63) is 53.6 Å². The average molecular weight is 404 g/mol. The van der Waals surface area contributed by atoms with Crippen molar-refractivity contribution in [1.82, 2.24) is 0 Å². The van der Waals surface area contributed by atoms with E-state index in [2.05, 4.69) is 10.6 Å². The van der Waals surface area contributed by atoms with Crippen LogP contribution in [0.5, 0.6) is 5.75 Å².